The van der Waals surface area contributed by atoms with Crippen LogP contribution in [0.25, 0.3) is 0 Å². The third-order valence-corrected chi connectivity index (χ3v) is 1.01. The molecule has 1 aliphatic carbocycles. The topological polar surface area (TPSA) is 46.2 Å². The van der Waals surface area contributed by atoms with Crippen molar-refractivity contribution in [3.8, 4) is 0 Å². The highest BCUT2D eigenvalue weighted by molar-refractivity contribution is 4.88. The number of hydrogen-bond donors (Lipinski definition) is 2. The van der Waals surface area contributed by atoms with Crippen molar-refractivity contribution < 1.29 is 7.85 Å². The molecule has 0 heterocycles. The standard InChI is InChI=1S/C4H9NO/c5-4-1-3(4)2-6/h3-4,6H,1-2,5H2/t3-,4+/m0/s1/i2D2. The van der Waals surface area contributed by atoms with Gasteiger partial charge in [-0.1, -0.05) is 0 Å². The Labute approximate surface area is 39.8 Å². The maximum Gasteiger partial charge on any atom is 0.0567 e. The third-order valence-electron chi connectivity index (χ3n) is 1.01. The van der Waals surface area contributed by atoms with E-state index in [1.54, 1.807) is 0 Å². The summed E-state index contributed by atoms with van der Waals surface area (Å²) in [5.74, 6) is -0.317. The molecule has 0 amide bonds. The average Bonchev–Trinajstić information content (AvgIpc) is 2.13. The fourth-order valence-corrected chi connectivity index (χ4v) is 0.363. The van der Waals surface area contributed by atoms with Gasteiger partial charge in [0, 0.05) is 12.6 Å². The fourth-order valence-electron chi connectivity index (χ4n) is 0.363. The smallest absolute Gasteiger partial charge is 0.0567 e. The van der Waals surface area contributed by atoms with Crippen molar-refractivity contribution in [3.05, 3.63) is 0 Å². The van der Waals surface area contributed by atoms with Crippen LogP contribution in [0.4, 0.5) is 0 Å². The number of nitrogens with two attached hydrogens (primary N) is 1. The predicted octanol–water partition coefficient (Wildman–Crippen LogP) is -0.674. The van der Waals surface area contributed by atoms with Gasteiger partial charge in [-0.2, -0.15) is 0 Å². The monoisotopic (exact) mass is 89.1 g/mol. The SMILES string of the molecule is [2H]C([2H])(O)[C@@H]1C[C@H]1N. The third kappa shape index (κ3) is 0.533. The minimum absolute atomic E-state index is 0.116. The fraction of sp³-hybridized carbons (Fsp3) is 1.00. The van der Waals surface area contributed by atoms with Crippen LogP contribution in [0.3, 0.4) is 0 Å². The molecule has 36 valence electrons. The number of rotatable bonds is 1. The summed E-state index contributed by atoms with van der Waals surface area (Å²) in [7, 11) is 0. The second-order valence-electron chi connectivity index (χ2n) is 1.64. The molecule has 0 aromatic rings. The summed E-state index contributed by atoms with van der Waals surface area (Å²) < 4.78 is 13.4. The Bertz CT molecular complexity index is 101. The van der Waals surface area contributed by atoms with Crippen LogP contribution in [0.15, 0.2) is 0 Å². The molecule has 0 bridgehead atoms. The van der Waals surface area contributed by atoms with Crippen LogP contribution in [-0.4, -0.2) is 17.7 Å². The van der Waals surface area contributed by atoms with E-state index >= 15 is 0 Å². The Morgan fingerprint density at radius 3 is 2.67 bits per heavy atom. The van der Waals surface area contributed by atoms with Gasteiger partial charge in [0.05, 0.1) is 2.74 Å². The van der Waals surface area contributed by atoms with E-state index in [9.17, 15) is 0 Å². The second-order valence-corrected chi connectivity index (χ2v) is 1.64. The first kappa shape index (κ1) is 2.28. The average molecular weight is 89.1 g/mol. The zero-order valence-electron chi connectivity index (χ0n) is 5.39. The molecule has 0 aromatic heterocycles. The van der Waals surface area contributed by atoms with Crippen LogP contribution >= 0.6 is 0 Å². The van der Waals surface area contributed by atoms with Crippen LogP contribution in [-0.2, 0) is 0 Å². The van der Waals surface area contributed by atoms with Gasteiger partial charge >= 0.3 is 0 Å². The first-order valence-electron chi connectivity index (χ1n) is 3.00. The summed E-state index contributed by atoms with van der Waals surface area (Å²) in [5, 5.41) is 8.58. The molecular formula is C4H9NO. The molecule has 0 spiro atoms. The van der Waals surface area contributed by atoms with Gasteiger partial charge in [-0.3, -0.25) is 0 Å². The Hall–Kier alpha value is -0.0800. The second kappa shape index (κ2) is 1.21. The molecule has 2 atom stereocenters. The van der Waals surface area contributed by atoms with Gasteiger partial charge in [0.25, 0.3) is 0 Å². The van der Waals surface area contributed by atoms with Crippen molar-refractivity contribution in [2.24, 2.45) is 11.7 Å². The lowest BCUT2D eigenvalue weighted by atomic mass is 10.4. The minimum atomic E-state index is -2.04. The Kier molecular flexibility index (Phi) is 0.459. The van der Waals surface area contributed by atoms with E-state index < -0.39 is 6.56 Å². The van der Waals surface area contributed by atoms with Crippen LogP contribution in [0.5, 0.6) is 0 Å². The maximum absolute atomic E-state index is 8.58. The van der Waals surface area contributed by atoms with Gasteiger partial charge in [0.2, 0.25) is 0 Å². The van der Waals surface area contributed by atoms with Crippen molar-refractivity contribution in [2.45, 2.75) is 12.5 Å². The summed E-state index contributed by atoms with van der Waals surface area (Å²) in [6, 6.07) is -0.116. The number of hydrogen-bond acceptors (Lipinski definition) is 2. The minimum Gasteiger partial charge on any atom is -0.396 e. The van der Waals surface area contributed by atoms with E-state index in [4.69, 9.17) is 13.6 Å². The lowest BCUT2D eigenvalue weighted by Gasteiger charge is -1.79. The van der Waals surface area contributed by atoms with Crippen molar-refractivity contribution in [3.63, 3.8) is 0 Å². The summed E-state index contributed by atoms with van der Waals surface area (Å²) in [5.41, 5.74) is 5.25. The van der Waals surface area contributed by atoms with E-state index in [0.29, 0.717) is 6.42 Å². The molecule has 1 aliphatic rings. The van der Waals surface area contributed by atoms with Crippen molar-refractivity contribution in [1.29, 1.82) is 0 Å². The van der Waals surface area contributed by atoms with Gasteiger partial charge in [0.1, 0.15) is 0 Å². The Morgan fingerprint density at radius 1 is 2.17 bits per heavy atom. The molecule has 2 heteroatoms. The van der Waals surface area contributed by atoms with E-state index in [2.05, 4.69) is 0 Å². The summed E-state index contributed by atoms with van der Waals surface area (Å²) in [4.78, 5) is 0. The zero-order chi connectivity index (χ0) is 6.36. The lowest BCUT2D eigenvalue weighted by molar-refractivity contribution is 0.274. The van der Waals surface area contributed by atoms with Gasteiger partial charge in [-0.05, 0) is 12.3 Å². The van der Waals surface area contributed by atoms with Gasteiger partial charge in [0.15, 0.2) is 0 Å². The van der Waals surface area contributed by atoms with Crippen molar-refractivity contribution in [2.75, 3.05) is 6.56 Å². The highest BCUT2D eigenvalue weighted by Gasteiger charge is 2.31. The van der Waals surface area contributed by atoms with Crippen LogP contribution in [0, 0.1) is 5.92 Å². The normalized spacial score (nSPS) is 50.3. The molecule has 0 aliphatic heterocycles. The van der Waals surface area contributed by atoms with Crippen molar-refractivity contribution >= 4 is 0 Å². The lowest BCUT2D eigenvalue weighted by Crippen LogP contribution is -2.03. The molecule has 0 aromatic carbocycles. The molecule has 0 radical (unpaired) electrons. The molecule has 2 nitrogen and oxygen atoms in total. The molecule has 3 N–H and O–H groups in total. The Morgan fingerprint density at radius 2 is 2.67 bits per heavy atom. The van der Waals surface area contributed by atoms with E-state index in [0.717, 1.165) is 0 Å². The largest absolute Gasteiger partial charge is 0.396 e. The van der Waals surface area contributed by atoms with E-state index in [1.807, 2.05) is 0 Å². The van der Waals surface area contributed by atoms with Gasteiger partial charge in [-0.25, -0.2) is 0 Å². The molecule has 0 saturated heterocycles. The molecule has 0 unspecified atom stereocenters. The molecule has 1 fully saturated rings. The number of aliphatic hydroxyl groups is 1. The summed E-state index contributed by atoms with van der Waals surface area (Å²) in [6.07, 6.45) is 0.615. The first-order chi connectivity index (χ1) is 3.52. The molecule has 6 heavy (non-hydrogen) atoms. The maximum atomic E-state index is 8.58. The highest BCUT2D eigenvalue weighted by Crippen LogP contribution is 2.25. The molecule has 1 saturated carbocycles. The van der Waals surface area contributed by atoms with Gasteiger partial charge < -0.3 is 10.8 Å². The zero-order valence-corrected chi connectivity index (χ0v) is 3.39. The van der Waals surface area contributed by atoms with E-state index in [-0.39, 0.29) is 12.0 Å². The summed E-state index contributed by atoms with van der Waals surface area (Å²) >= 11 is 0. The highest BCUT2D eigenvalue weighted by atomic mass is 16.3. The van der Waals surface area contributed by atoms with Gasteiger partial charge in [-0.15, -0.1) is 0 Å². The van der Waals surface area contributed by atoms with Crippen LogP contribution in [0.2, 0.25) is 0 Å². The quantitative estimate of drug-likeness (QED) is 0.447. The van der Waals surface area contributed by atoms with Crippen LogP contribution in [0.1, 0.15) is 9.16 Å². The van der Waals surface area contributed by atoms with Crippen LogP contribution < -0.4 is 5.73 Å². The predicted molar refractivity (Wildman–Crippen MR) is 23.2 cm³/mol. The summed E-state index contributed by atoms with van der Waals surface area (Å²) in [6.45, 7) is -2.04. The van der Waals surface area contributed by atoms with Crippen molar-refractivity contribution in [1.82, 2.24) is 0 Å². The van der Waals surface area contributed by atoms with E-state index in [1.165, 1.54) is 0 Å². The molecule has 1 rings (SSSR count). The first-order valence-corrected chi connectivity index (χ1v) is 2.00. The molecular weight excluding hydrogens is 78.0 g/mol. The Balaban J connectivity index is 2.39.